The molecule has 6 N–H and O–H groups in total. The van der Waals surface area contributed by atoms with Crippen molar-refractivity contribution in [2.24, 2.45) is 28.3 Å². The normalized spacial score (nSPS) is 24.1. The summed E-state index contributed by atoms with van der Waals surface area (Å²) in [6.07, 6.45) is 3.58. The molecule has 0 amide bonds. The molecule has 0 spiro atoms. The number of nitrogens with one attached hydrogen (secondary N) is 1. The summed E-state index contributed by atoms with van der Waals surface area (Å²) in [7, 11) is -1.11. The summed E-state index contributed by atoms with van der Waals surface area (Å²) >= 11 is 0. The highest BCUT2D eigenvalue weighted by atomic mass is 32.2. The third-order valence-electron chi connectivity index (χ3n) is 9.46. The van der Waals surface area contributed by atoms with Crippen molar-refractivity contribution in [3.05, 3.63) is 89.0 Å². The third kappa shape index (κ3) is 7.27. The predicted octanol–water partition coefficient (Wildman–Crippen LogP) is 4.38. The van der Waals surface area contributed by atoms with Crippen LogP contribution >= 0.6 is 0 Å². The monoisotopic (exact) mass is 635 g/mol. The zero-order chi connectivity index (χ0) is 32.1. The van der Waals surface area contributed by atoms with Gasteiger partial charge >= 0.3 is 0 Å². The van der Waals surface area contributed by atoms with E-state index in [2.05, 4.69) is 58.5 Å². The van der Waals surface area contributed by atoms with E-state index in [1.54, 1.807) is 32.4 Å². The van der Waals surface area contributed by atoms with E-state index in [9.17, 15) is 13.0 Å². The molecule has 3 aliphatic rings. The maximum atomic E-state index is 12.9. The number of ether oxygens (including phenoxy) is 2. The lowest BCUT2D eigenvalue weighted by atomic mass is 9.72. The van der Waals surface area contributed by atoms with E-state index in [4.69, 9.17) is 20.9 Å². The Kier molecular flexibility index (Phi) is 10.3. The second-order valence-electron chi connectivity index (χ2n) is 12.0. The van der Waals surface area contributed by atoms with E-state index in [0.29, 0.717) is 17.2 Å². The molecule has 5 atom stereocenters. The van der Waals surface area contributed by atoms with Crippen molar-refractivity contribution in [3.63, 3.8) is 0 Å². The van der Waals surface area contributed by atoms with E-state index >= 15 is 0 Å². The van der Waals surface area contributed by atoms with Gasteiger partial charge < -0.3 is 26.3 Å². The van der Waals surface area contributed by atoms with Gasteiger partial charge in [-0.1, -0.05) is 61.9 Å². The molecule has 10 nitrogen and oxygen atoms in total. The number of hydrogen-bond acceptors (Lipinski definition) is 7. The van der Waals surface area contributed by atoms with Crippen LogP contribution in [0.1, 0.15) is 54.1 Å². The number of hydrogen-bond donors (Lipinski definition) is 4. The molecule has 0 radical (unpaired) electrons. The lowest BCUT2D eigenvalue weighted by molar-refractivity contribution is 0.0449. The minimum absolute atomic E-state index is 0.0113. The van der Waals surface area contributed by atoms with Gasteiger partial charge in [-0.15, -0.1) is 0 Å². The number of benzene rings is 3. The molecule has 3 aromatic rings. The third-order valence-corrected chi connectivity index (χ3v) is 10.8. The molecule has 0 aliphatic carbocycles. The average Bonchev–Trinajstić information content (AvgIpc) is 3.03. The molecule has 0 saturated carbocycles. The molecular weight excluding hydrogens is 590 g/mol. The summed E-state index contributed by atoms with van der Waals surface area (Å²) in [5, 5.41) is 2.84. The number of rotatable bonds is 7. The molecule has 3 heterocycles. The van der Waals surface area contributed by atoms with Gasteiger partial charge in [-0.25, -0.2) is 4.99 Å². The van der Waals surface area contributed by atoms with Crippen LogP contribution in [0.3, 0.4) is 0 Å². The Labute approximate surface area is 266 Å². The van der Waals surface area contributed by atoms with Crippen LogP contribution in [-0.2, 0) is 23.0 Å². The summed E-state index contributed by atoms with van der Waals surface area (Å²) < 4.78 is 46.5. The molecule has 0 bridgehead atoms. The Morgan fingerprint density at radius 2 is 1.64 bits per heavy atom. The molecule has 1 saturated heterocycles. The first kappa shape index (κ1) is 32.7. The second-order valence-corrected chi connectivity index (χ2v) is 13.5. The van der Waals surface area contributed by atoms with Crippen molar-refractivity contribution in [2.75, 3.05) is 33.9 Å². The van der Waals surface area contributed by atoms with Crippen molar-refractivity contribution in [3.8, 4) is 11.5 Å². The Hall–Kier alpha value is -3.64. The predicted molar refractivity (Wildman–Crippen MR) is 178 cm³/mol. The summed E-state index contributed by atoms with van der Waals surface area (Å²) in [4.78, 5) is 6.19. The van der Waals surface area contributed by atoms with E-state index in [1.807, 2.05) is 12.1 Å². The quantitative estimate of drug-likeness (QED) is 0.168. The number of nitrogens with two attached hydrogens (primary N) is 2. The molecule has 3 aromatic carbocycles. The minimum atomic E-state index is -4.23. The molecule has 11 heteroatoms. The van der Waals surface area contributed by atoms with E-state index < -0.39 is 15.4 Å². The lowest BCUT2D eigenvalue weighted by Crippen LogP contribution is -2.56. The summed E-state index contributed by atoms with van der Waals surface area (Å²) in [6.45, 7) is 4.79. The van der Waals surface area contributed by atoms with Crippen LogP contribution in [0.5, 0.6) is 11.5 Å². The minimum Gasteiger partial charge on any atom is -0.493 e. The van der Waals surface area contributed by atoms with Crippen LogP contribution < -0.4 is 26.3 Å². The van der Waals surface area contributed by atoms with Crippen molar-refractivity contribution < 1.29 is 22.4 Å². The first-order valence-corrected chi connectivity index (χ1v) is 17.1. The van der Waals surface area contributed by atoms with Crippen LogP contribution in [0.15, 0.2) is 71.7 Å². The van der Waals surface area contributed by atoms with E-state index in [0.717, 1.165) is 50.9 Å². The Bertz CT molecular complexity index is 1610. The van der Waals surface area contributed by atoms with Gasteiger partial charge in [0.2, 0.25) is 0 Å². The molecule has 242 valence electrons. The average molecular weight is 636 g/mol. The number of piperidine rings is 1. The first-order chi connectivity index (χ1) is 21.6. The fraction of sp³-hybridized carbons (Fsp3) is 0.441. The van der Waals surface area contributed by atoms with Crippen molar-refractivity contribution in [1.82, 2.24) is 10.2 Å². The Balaban J connectivity index is 0.000000241. The van der Waals surface area contributed by atoms with Gasteiger partial charge in [0.15, 0.2) is 17.5 Å². The maximum Gasteiger partial charge on any atom is 0.269 e. The SMILES string of the molecule is CC[C@H]1CN2CCc3ccccc3[C@@H]2C(S(=O)(=O)O)[C@@H]1C[C@H]1NCCc2ccccc21.COc1ccc(N=C(N)N)cc1OC. The van der Waals surface area contributed by atoms with E-state index in [-0.39, 0.29) is 29.9 Å². The van der Waals surface area contributed by atoms with Gasteiger partial charge in [0.1, 0.15) is 5.25 Å². The van der Waals surface area contributed by atoms with Gasteiger partial charge in [-0.3, -0.25) is 9.45 Å². The second kappa shape index (κ2) is 14.2. The van der Waals surface area contributed by atoms with Gasteiger partial charge in [0, 0.05) is 25.2 Å². The van der Waals surface area contributed by atoms with Crippen LogP contribution in [0.2, 0.25) is 0 Å². The topological polar surface area (TPSA) is 152 Å². The molecular formula is C34H45N5O5S. The van der Waals surface area contributed by atoms with Crippen LogP contribution in [0.25, 0.3) is 0 Å². The lowest BCUT2D eigenvalue weighted by Gasteiger charge is -2.51. The van der Waals surface area contributed by atoms with Gasteiger partial charge in [0.25, 0.3) is 10.1 Å². The zero-order valence-electron chi connectivity index (χ0n) is 26.2. The summed E-state index contributed by atoms with van der Waals surface area (Å²) in [6, 6.07) is 21.7. The number of aliphatic imine (C=N–C) groups is 1. The fourth-order valence-electron chi connectivity index (χ4n) is 7.44. The van der Waals surface area contributed by atoms with Gasteiger partial charge in [-0.05, 0) is 72.0 Å². The largest absolute Gasteiger partial charge is 0.493 e. The summed E-state index contributed by atoms with van der Waals surface area (Å²) in [5.74, 6) is 1.38. The van der Waals surface area contributed by atoms with Crippen LogP contribution in [-0.4, -0.2) is 62.9 Å². The van der Waals surface area contributed by atoms with Gasteiger partial charge in [0.05, 0.1) is 25.9 Å². The molecule has 1 unspecified atom stereocenters. The molecule has 6 rings (SSSR count). The fourth-order valence-corrected chi connectivity index (χ4v) is 8.86. The zero-order valence-corrected chi connectivity index (χ0v) is 27.0. The van der Waals surface area contributed by atoms with Crippen molar-refractivity contribution in [1.29, 1.82) is 0 Å². The number of fused-ring (bicyclic) bond motifs is 4. The molecule has 1 fully saturated rings. The van der Waals surface area contributed by atoms with Crippen molar-refractivity contribution >= 4 is 21.8 Å². The Morgan fingerprint density at radius 3 is 2.29 bits per heavy atom. The maximum absolute atomic E-state index is 12.9. The number of nitrogens with zero attached hydrogens (tertiary/aromatic N) is 2. The first-order valence-electron chi connectivity index (χ1n) is 15.6. The highest BCUT2D eigenvalue weighted by molar-refractivity contribution is 7.86. The molecule has 3 aliphatic heterocycles. The van der Waals surface area contributed by atoms with Crippen molar-refractivity contribution in [2.45, 2.75) is 49.9 Å². The standard InChI is InChI=1S/C25H32N2O3S.C9H13N3O2/c1-2-17-16-27-14-12-19-8-4-6-10-21(19)24(27)25(31(28,29)30)22(17)15-23-20-9-5-3-7-18(20)11-13-26-23;1-13-7-4-3-6(12-9(10)11)5-8(7)14-2/h3-10,17,22-26H,2,11-16H2,1H3,(H,28,29,30);3-5H,1-2H3,(H4,10,11,12)/t17-,22+,23+,24+,25?;/m0./s1. The highest BCUT2D eigenvalue weighted by Gasteiger charge is 2.51. The number of guanidine groups is 1. The van der Waals surface area contributed by atoms with E-state index in [1.165, 1.54) is 16.7 Å². The summed E-state index contributed by atoms with van der Waals surface area (Å²) in [5.41, 5.74) is 16.0. The van der Waals surface area contributed by atoms with Gasteiger partial charge in [-0.2, -0.15) is 8.42 Å². The van der Waals surface area contributed by atoms with Crippen LogP contribution in [0, 0.1) is 11.8 Å². The molecule has 45 heavy (non-hydrogen) atoms. The highest BCUT2D eigenvalue weighted by Crippen LogP contribution is 2.48. The van der Waals surface area contributed by atoms with Crippen LogP contribution in [0.4, 0.5) is 5.69 Å². The number of methoxy groups -OCH3 is 2. The molecule has 0 aromatic heterocycles. The smallest absolute Gasteiger partial charge is 0.269 e. The Morgan fingerprint density at radius 1 is 0.978 bits per heavy atom.